The van der Waals surface area contributed by atoms with Gasteiger partial charge in [-0.2, -0.15) is 4.98 Å². The Balaban J connectivity index is 1.28. The molecule has 1 aromatic heterocycles. The molecule has 2 heterocycles. The Hall–Kier alpha value is -3.92. The number of halogens is 1. The number of aromatic nitrogens is 2. The SMILES string of the molecule is Nc1ccc(/C=C/NC(=O)[C@H]2[C@H]3C[C@H]4[C@H]2Nc2nc(ncc2F)Nc2cccc(c2)C(=O)CS[C@@H]4C3)cc1. The van der Waals surface area contributed by atoms with E-state index in [1.807, 2.05) is 18.2 Å². The van der Waals surface area contributed by atoms with Crippen LogP contribution >= 0.6 is 11.8 Å². The summed E-state index contributed by atoms with van der Waals surface area (Å²) in [4.78, 5) is 34.8. The molecule has 38 heavy (non-hydrogen) atoms. The third-order valence-electron chi connectivity index (χ3n) is 7.60. The maximum absolute atomic E-state index is 14.9. The molecule has 2 fully saturated rings. The predicted octanol–water partition coefficient (Wildman–Crippen LogP) is 4.46. The number of anilines is 4. The maximum Gasteiger partial charge on any atom is 0.229 e. The number of nitrogens with two attached hydrogens (primary N) is 1. The molecule has 0 spiro atoms. The van der Waals surface area contributed by atoms with Gasteiger partial charge < -0.3 is 21.7 Å². The van der Waals surface area contributed by atoms with Gasteiger partial charge in [0, 0.05) is 34.4 Å². The molecule has 2 saturated carbocycles. The molecular weight excluding hydrogens is 503 g/mol. The average molecular weight is 531 g/mol. The molecule has 5 N–H and O–H groups in total. The van der Waals surface area contributed by atoms with Crippen molar-refractivity contribution in [3.8, 4) is 0 Å². The van der Waals surface area contributed by atoms with Gasteiger partial charge in [-0.05, 0) is 60.6 Å². The molecule has 10 heteroatoms. The molecule has 1 amide bonds. The minimum atomic E-state index is -0.582. The van der Waals surface area contributed by atoms with Gasteiger partial charge in [0.15, 0.2) is 17.4 Å². The average Bonchev–Trinajstić information content (AvgIpc) is 3.48. The van der Waals surface area contributed by atoms with Crippen molar-refractivity contribution in [2.24, 2.45) is 17.8 Å². The summed E-state index contributed by atoms with van der Waals surface area (Å²) in [6.45, 7) is 0. The van der Waals surface area contributed by atoms with E-state index in [9.17, 15) is 14.0 Å². The Morgan fingerprint density at radius 2 is 2.03 bits per heavy atom. The number of ketones is 1. The molecule has 0 unspecified atom stereocenters. The van der Waals surface area contributed by atoms with Crippen LogP contribution < -0.4 is 21.7 Å². The zero-order chi connectivity index (χ0) is 26.2. The molecule has 2 aromatic carbocycles. The van der Waals surface area contributed by atoms with Crippen molar-refractivity contribution in [3.63, 3.8) is 0 Å². The Kier molecular flexibility index (Phi) is 6.49. The monoisotopic (exact) mass is 530 g/mol. The number of nitrogen functional groups attached to an aromatic ring is 1. The van der Waals surface area contributed by atoms with E-state index in [0.717, 1.165) is 24.6 Å². The number of nitrogens with zero attached hydrogens (tertiary/aromatic N) is 2. The summed E-state index contributed by atoms with van der Waals surface area (Å²) >= 11 is 1.63. The fourth-order valence-corrected chi connectivity index (χ4v) is 7.29. The van der Waals surface area contributed by atoms with Crippen LogP contribution in [-0.2, 0) is 4.79 Å². The van der Waals surface area contributed by atoms with Crippen LogP contribution in [0.5, 0.6) is 0 Å². The number of thioether (sulfide) groups is 1. The smallest absolute Gasteiger partial charge is 0.229 e. The molecule has 2 aliphatic carbocycles. The van der Waals surface area contributed by atoms with Crippen LogP contribution in [0.25, 0.3) is 6.08 Å². The van der Waals surface area contributed by atoms with Crippen LogP contribution in [-0.4, -0.2) is 38.7 Å². The lowest BCUT2D eigenvalue weighted by Gasteiger charge is -2.35. The van der Waals surface area contributed by atoms with E-state index >= 15 is 0 Å². The van der Waals surface area contributed by atoms with Crippen molar-refractivity contribution in [2.75, 3.05) is 22.1 Å². The Morgan fingerprint density at radius 3 is 2.87 bits per heavy atom. The van der Waals surface area contributed by atoms with Crippen molar-refractivity contribution in [3.05, 3.63) is 77.9 Å². The standard InChI is InChI=1S/C28H27FN6O2S/c29-21-13-32-28-33-19-3-1-2-16(10-19)22(36)14-38-23-12-17-11-20(23)25(34-26(21)35-28)24(17)27(37)31-9-8-15-4-6-18(30)7-5-15/h1-10,13,17,20,23-25H,11-12,14,30H2,(H,31,37)(H2,32,33,34,35)/b9-8+/t17-,20+,23+,24-,25+/m0/s1. The molecule has 194 valence electrons. The third-order valence-corrected chi connectivity index (χ3v) is 9.00. The van der Waals surface area contributed by atoms with E-state index in [1.54, 1.807) is 54.4 Å². The maximum atomic E-state index is 14.9. The molecule has 3 aromatic rings. The highest BCUT2D eigenvalue weighted by Gasteiger charge is 2.55. The largest absolute Gasteiger partial charge is 0.399 e. The number of hydrogen-bond acceptors (Lipinski definition) is 8. The number of nitrogens with one attached hydrogen (secondary N) is 3. The van der Waals surface area contributed by atoms with Gasteiger partial charge in [-0.3, -0.25) is 9.59 Å². The number of fused-ring (bicyclic) bond motifs is 5. The molecule has 0 saturated heterocycles. The third kappa shape index (κ3) is 4.83. The van der Waals surface area contributed by atoms with E-state index in [-0.39, 0.29) is 52.5 Å². The zero-order valence-electron chi connectivity index (χ0n) is 20.4. The lowest BCUT2D eigenvalue weighted by atomic mass is 9.83. The number of carbonyl (C=O) groups excluding carboxylic acids is 2. The van der Waals surface area contributed by atoms with Crippen molar-refractivity contribution in [2.45, 2.75) is 24.1 Å². The summed E-state index contributed by atoms with van der Waals surface area (Å²) in [5.74, 6) is -0.197. The van der Waals surface area contributed by atoms with E-state index in [2.05, 4.69) is 25.9 Å². The summed E-state index contributed by atoms with van der Waals surface area (Å²) in [6.07, 6.45) is 6.22. The zero-order valence-corrected chi connectivity index (χ0v) is 21.2. The fourth-order valence-electron chi connectivity index (χ4n) is 5.84. The van der Waals surface area contributed by atoms with E-state index < -0.39 is 5.82 Å². The van der Waals surface area contributed by atoms with Gasteiger partial charge in [0.1, 0.15) is 0 Å². The minimum absolute atomic E-state index is 0.0470. The molecule has 6 rings (SSSR count). The van der Waals surface area contributed by atoms with Crippen LogP contribution in [0.15, 0.2) is 60.9 Å². The second-order valence-corrected chi connectivity index (χ2v) is 11.2. The number of Topliss-reactive ketones (excluding diaryl/α,β-unsaturated/α-hetero) is 1. The van der Waals surface area contributed by atoms with Crippen molar-refractivity contribution < 1.29 is 14.0 Å². The van der Waals surface area contributed by atoms with E-state index in [0.29, 0.717) is 22.7 Å². The first-order valence-corrected chi connectivity index (χ1v) is 13.6. The molecule has 3 aliphatic rings. The highest BCUT2D eigenvalue weighted by Crippen LogP contribution is 2.53. The van der Waals surface area contributed by atoms with Gasteiger partial charge in [-0.25, -0.2) is 9.37 Å². The van der Waals surface area contributed by atoms with Gasteiger partial charge in [-0.15, -0.1) is 11.8 Å². The lowest BCUT2D eigenvalue weighted by Crippen LogP contribution is -2.47. The van der Waals surface area contributed by atoms with Crippen LogP contribution in [0.1, 0.15) is 28.8 Å². The predicted molar refractivity (Wildman–Crippen MR) is 147 cm³/mol. The normalized spacial score (nSPS) is 25.9. The van der Waals surface area contributed by atoms with Gasteiger partial charge in [0.05, 0.1) is 17.9 Å². The molecule has 0 radical (unpaired) electrons. The first-order chi connectivity index (χ1) is 18.4. The molecule has 8 nitrogen and oxygen atoms in total. The lowest BCUT2D eigenvalue weighted by molar-refractivity contribution is -0.125. The van der Waals surface area contributed by atoms with E-state index in [4.69, 9.17) is 5.73 Å². The summed E-state index contributed by atoms with van der Waals surface area (Å²) in [5.41, 5.74) is 8.57. The second kappa shape index (κ2) is 10.1. The second-order valence-electron chi connectivity index (χ2n) is 9.97. The highest BCUT2D eigenvalue weighted by molar-refractivity contribution is 8.00. The Labute approximate surface area is 223 Å². The summed E-state index contributed by atoms with van der Waals surface area (Å²) in [5, 5.41) is 9.43. The fraction of sp³-hybridized carbons (Fsp3) is 0.286. The first-order valence-electron chi connectivity index (χ1n) is 12.6. The van der Waals surface area contributed by atoms with Gasteiger partial charge in [0.2, 0.25) is 11.9 Å². The first kappa shape index (κ1) is 24.4. The van der Waals surface area contributed by atoms with Gasteiger partial charge >= 0.3 is 0 Å². The number of hydrogen-bond donors (Lipinski definition) is 4. The van der Waals surface area contributed by atoms with Crippen molar-refractivity contribution >= 4 is 52.7 Å². The Morgan fingerprint density at radius 1 is 1.18 bits per heavy atom. The van der Waals surface area contributed by atoms with Gasteiger partial charge in [-0.1, -0.05) is 24.3 Å². The summed E-state index contributed by atoms with van der Waals surface area (Å²) in [7, 11) is 0. The number of rotatable bonds is 3. The van der Waals surface area contributed by atoms with Crippen molar-refractivity contribution in [1.29, 1.82) is 0 Å². The molecule has 1 aliphatic heterocycles. The molecule has 5 atom stereocenters. The number of benzene rings is 2. The van der Waals surface area contributed by atoms with Crippen molar-refractivity contribution in [1.82, 2.24) is 15.3 Å². The van der Waals surface area contributed by atoms with Crippen LogP contribution in [0.2, 0.25) is 0 Å². The highest BCUT2D eigenvalue weighted by atomic mass is 32.2. The molecular formula is C28H27FN6O2S. The quantitative estimate of drug-likeness (QED) is 0.366. The van der Waals surface area contributed by atoms with Crippen LogP contribution in [0.3, 0.4) is 0 Å². The topological polar surface area (TPSA) is 122 Å². The van der Waals surface area contributed by atoms with E-state index in [1.165, 1.54) is 0 Å². The Bertz CT molecular complexity index is 1410. The summed E-state index contributed by atoms with van der Waals surface area (Å²) < 4.78 is 14.9. The van der Waals surface area contributed by atoms with Crippen LogP contribution in [0, 0.1) is 23.6 Å². The number of carbonyl (C=O) groups is 2. The number of amides is 1. The van der Waals surface area contributed by atoms with Gasteiger partial charge in [0.25, 0.3) is 0 Å². The summed E-state index contributed by atoms with van der Waals surface area (Å²) in [6, 6.07) is 14.2. The van der Waals surface area contributed by atoms with Crippen LogP contribution in [0.4, 0.5) is 27.5 Å². The molecule has 6 bridgehead atoms. The minimum Gasteiger partial charge on any atom is -0.399 e.